The number of anilines is 2. The van der Waals surface area contributed by atoms with Crippen LogP contribution >= 0.6 is 0 Å². The zero-order chi connectivity index (χ0) is 30.6. The summed E-state index contributed by atoms with van der Waals surface area (Å²) in [6, 6.07) is 8.87. The number of hydrogen-bond acceptors (Lipinski definition) is 10. The maximum atomic E-state index is 14.1. The third-order valence-corrected chi connectivity index (χ3v) is 8.47. The Morgan fingerprint density at radius 1 is 1.16 bits per heavy atom. The molecular weight excluding hydrogens is 574 g/mol. The number of nitrogens with zero attached hydrogens (tertiary/aromatic N) is 5. The SMILES string of the molecule is COc1cc(CN(Cc2cn3c4c(c5c(cc4c2=O)OC(F)(F)O5)OCC3C)[C@H]2CCCN(c3ccc(N)nc3)C2)ccn1. The van der Waals surface area contributed by atoms with E-state index in [1.165, 1.54) is 6.07 Å². The lowest BCUT2D eigenvalue weighted by molar-refractivity contribution is -0.287. The Morgan fingerprint density at radius 2 is 2.02 bits per heavy atom. The fourth-order valence-corrected chi connectivity index (χ4v) is 6.32. The van der Waals surface area contributed by atoms with E-state index >= 15 is 0 Å². The Morgan fingerprint density at radius 3 is 2.82 bits per heavy atom. The van der Waals surface area contributed by atoms with Gasteiger partial charge in [-0.3, -0.25) is 9.69 Å². The van der Waals surface area contributed by atoms with Crippen LogP contribution in [0.15, 0.2) is 53.7 Å². The molecule has 4 aromatic rings. The summed E-state index contributed by atoms with van der Waals surface area (Å²) in [6.07, 6.45) is 3.34. The lowest BCUT2D eigenvalue weighted by Crippen LogP contribution is -2.48. The van der Waals surface area contributed by atoms with Crippen molar-refractivity contribution in [1.29, 1.82) is 0 Å². The first-order valence-corrected chi connectivity index (χ1v) is 14.5. The monoisotopic (exact) mass is 606 g/mol. The summed E-state index contributed by atoms with van der Waals surface area (Å²) in [4.78, 5) is 27.2. The Labute approximate surface area is 251 Å². The highest BCUT2D eigenvalue weighted by molar-refractivity contribution is 5.91. The topological polar surface area (TPSA) is 117 Å². The number of fused-ring (bicyclic) bond motifs is 2. The van der Waals surface area contributed by atoms with E-state index in [-0.39, 0.29) is 46.8 Å². The maximum absolute atomic E-state index is 14.1. The summed E-state index contributed by atoms with van der Waals surface area (Å²) in [5.41, 5.74) is 8.48. The van der Waals surface area contributed by atoms with E-state index in [9.17, 15) is 13.6 Å². The van der Waals surface area contributed by atoms with Gasteiger partial charge >= 0.3 is 6.29 Å². The quantitative estimate of drug-likeness (QED) is 0.326. The van der Waals surface area contributed by atoms with Crippen LogP contribution in [0.3, 0.4) is 0 Å². The number of benzene rings is 1. The smallest absolute Gasteiger partial charge is 0.485 e. The molecule has 44 heavy (non-hydrogen) atoms. The van der Waals surface area contributed by atoms with Gasteiger partial charge in [0.1, 0.15) is 12.4 Å². The van der Waals surface area contributed by atoms with Gasteiger partial charge in [0.05, 0.1) is 35.9 Å². The van der Waals surface area contributed by atoms with Crippen molar-refractivity contribution < 1.29 is 27.7 Å². The number of halogens is 2. The van der Waals surface area contributed by atoms with Crippen molar-refractivity contribution in [2.75, 3.05) is 37.4 Å². The predicted octanol–water partition coefficient (Wildman–Crippen LogP) is 4.33. The van der Waals surface area contributed by atoms with Crippen molar-refractivity contribution in [3.63, 3.8) is 0 Å². The summed E-state index contributed by atoms with van der Waals surface area (Å²) >= 11 is 0. The molecule has 3 aliphatic heterocycles. The standard InChI is InChI=1S/C31H32F2N6O5/c1-18-17-42-30-27-23(11-24-29(30)44-31(32,33)43-24)28(40)20(15-39(18)27)14-38(13-19-7-8-35-26(10-19)41-2)22-4-3-9-37(16-22)21-5-6-25(34)36-12-21/h5-8,10-12,15,18,22H,3-4,9,13-14,16-17H2,1-2H3,(H2,34,36)/t18?,22-/m0/s1. The second-order valence-corrected chi connectivity index (χ2v) is 11.4. The number of nitrogen functional groups attached to an aromatic ring is 1. The molecule has 2 atom stereocenters. The molecule has 230 valence electrons. The van der Waals surface area contributed by atoms with Crippen molar-refractivity contribution in [3.8, 4) is 23.1 Å². The van der Waals surface area contributed by atoms with Crippen molar-refractivity contribution in [2.24, 2.45) is 0 Å². The molecular formula is C31H32F2N6O5. The van der Waals surface area contributed by atoms with Crippen LogP contribution in [0.5, 0.6) is 23.1 Å². The minimum absolute atomic E-state index is 0.0867. The highest BCUT2D eigenvalue weighted by Gasteiger charge is 2.47. The lowest BCUT2D eigenvalue weighted by atomic mass is 10.0. The minimum atomic E-state index is -3.84. The Bertz CT molecular complexity index is 1780. The molecule has 11 nitrogen and oxygen atoms in total. The third kappa shape index (κ3) is 5.10. The highest BCUT2D eigenvalue weighted by atomic mass is 19.3. The van der Waals surface area contributed by atoms with Gasteiger partial charge in [-0.1, -0.05) is 0 Å². The minimum Gasteiger partial charge on any atom is -0.485 e. The maximum Gasteiger partial charge on any atom is 0.586 e. The zero-order valence-corrected chi connectivity index (χ0v) is 24.3. The predicted molar refractivity (Wildman–Crippen MR) is 159 cm³/mol. The van der Waals surface area contributed by atoms with Gasteiger partial charge < -0.3 is 34.1 Å². The molecule has 1 saturated heterocycles. The van der Waals surface area contributed by atoms with Gasteiger partial charge in [0.2, 0.25) is 11.6 Å². The van der Waals surface area contributed by atoms with E-state index < -0.39 is 6.29 Å². The zero-order valence-electron chi connectivity index (χ0n) is 24.3. The molecule has 0 radical (unpaired) electrons. The summed E-state index contributed by atoms with van der Waals surface area (Å²) < 4.78 is 50.8. The number of aromatic nitrogens is 3. The van der Waals surface area contributed by atoms with Gasteiger partial charge in [0.25, 0.3) is 0 Å². The van der Waals surface area contributed by atoms with Crippen molar-refractivity contribution >= 4 is 22.4 Å². The average Bonchev–Trinajstić information content (AvgIpc) is 3.34. The van der Waals surface area contributed by atoms with E-state index in [1.807, 2.05) is 35.9 Å². The Hall–Kier alpha value is -4.65. The van der Waals surface area contributed by atoms with E-state index in [0.717, 1.165) is 37.2 Å². The van der Waals surface area contributed by atoms with Crippen LogP contribution in [0.25, 0.3) is 10.9 Å². The van der Waals surface area contributed by atoms with Crippen LogP contribution in [0.2, 0.25) is 0 Å². The number of hydrogen-bond donors (Lipinski definition) is 1. The Kier molecular flexibility index (Phi) is 6.91. The van der Waals surface area contributed by atoms with Crippen LogP contribution in [-0.4, -0.2) is 58.6 Å². The summed E-state index contributed by atoms with van der Waals surface area (Å²) in [6.45, 7) is 4.63. The summed E-state index contributed by atoms with van der Waals surface area (Å²) in [7, 11) is 1.58. The van der Waals surface area contributed by atoms with Crippen LogP contribution in [0, 0.1) is 0 Å². The van der Waals surface area contributed by atoms with E-state index in [2.05, 4.69) is 19.8 Å². The average molecular weight is 607 g/mol. The molecule has 2 N–H and O–H groups in total. The first-order chi connectivity index (χ1) is 21.2. The molecule has 0 amide bonds. The molecule has 1 unspecified atom stereocenters. The van der Waals surface area contributed by atoms with Gasteiger partial charge in [-0.15, -0.1) is 8.78 Å². The van der Waals surface area contributed by atoms with E-state index in [4.69, 9.17) is 24.7 Å². The van der Waals surface area contributed by atoms with Crippen molar-refractivity contribution in [3.05, 3.63) is 70.3 Å². The molecule has 13 heteroatoms. The van der Waals surface area contributed by atoms with Crippen molar-refractivity contribution in [1.82, 2.24) is 19.4 Å². The molecule has 3 aromatic heterocycles. The molecule has 0 bridgehead atoms. The first-order valence-electron chi connectivity index (χ1n) is 14.5. The van der Waals surface area contributed by atoms with Crippen LogP contribution in [0.4, 0.5) is 20.3 Å². The van der Waals surface area contributed by atoms with Gasteiger partial charge in [-0.25, -0.2) is 9.97 Å². The molecule has 1 fully saturated rings. The lowest BCUT2D eigenvalue weighted by Gasteiger charge is -2.40. The first kappa shape index (κ1) is 28.1. The second-order valence-electron chi connectivity index (χ2n) is 11.4. The van der Waals surface area contributed by atoms with Gasteiger partial charge in [0.15, 0.2) is 16.9 Å². The third-order valence-electron chi connectivity index (χ3n) is 8.47. The largest absolute Gasteiger partial charge is 0.586 e. The van der Waals surface area contributed by atoms with Crippen LogP contribution in [-0.2, 0) is 13.1 Å². The molecule has 6 heterocycles. The van der Waals surface area contributed by atoms with Crippen LogP contribution in [0.1, 0.15) is 36.9 Å². The molecule has 0 aliphatic carbocycles. The fourth-order valence-electron chi connectivity index (χ4n) is 6.32. The summed E-state index contributed by atoms with van der Waals surface area (Å²) in [5, 5.41) is 0.243. The number of piperidine rings is 1. The Balaban J connectivity index is 1.28. The van der Waals surface area contributed by atoms with Crippen LogP contribution < -0.4 is 35.0 Å². The van der Waals surface area contributed by atoms with E-state index in [1.54, 1.807) is 25.6 Å². The van der Waals surface area contributed by atoms with Gasteiger partial charge in [-0.05, 0) is 49.6 Å². The molecule has 3 aliphatic rings. The number of alkyl halides is 2. The number of rotatable bonds is 7. The molecule has 1 aromatic carbocycles. The van der Waals surface area contributed by atoms with Gasteiger partial charge in [0, 0.05) is 56.2 Å². The van der Waals surface area contributed by atoms with Crippen molar-refractivity contribution in [2.45, 2.75) is 51.2 Å². The summed E-state index contributed by atoms with van der Waals surface area (Å²) in [5.74, 6) is 0.657. The van der Waals surface area contributed by atoms with E-state index in [0.29, 0.717) is 35.9 Å². The fraction of sp³-hybridized carbons (Fsp3) is 0.387. The second kappa shape index (κ2) is 10.8. The number of ether oxygens (including phenoxy) is 4. The highest BCUT2D eigenvalue weighted by Crippen LogP contribution is 2.52. The molecule has 0 saturated carbocycles. The number of pyridine rings is 3. The normalized spacial score (nSPS) is 20.2. The molecule has 0 spiro atoms. The number of nitrogens with two attached hydrogens (primary N) is 1. The molecule has 7 rings (SSSR count). The van der Waals surface area contributed by atoms with Gasteiger partial charge in [-0.2, -0.15) is 0 Å². The number of methoxy groups -OCH3 is 1.